The Balaban J connectivity index is 2.15. The van der Waals surface area contributed by atoms with Gasteiger partial charge in [0.05, 0.1) is 25.0 Å². The van der Waals surface area contributed by atoms with Gasteiger partial charge in [-0.1, -0.05) is 12.8 Å². The number of thiocarbonyl (C=S) groups is 1. The summed E-state index contributed by atoms with van der Waals surface area (Å²) in [6.07, 6.45) is 4.34. The third-order valence-corrected chi connectivity index (χ3v) is 5.51. The molecule has 0 heterocycles. The van der Waals surface area contributed by atoms with Crippen LogP contribution in [0, 0.1) is 0 Å². The van der Waals surface area contributed by atoms with Gasteiger partial charge in [0.15, 0.2) is 5.11 Å². The lowest BCUT2D eigenvalue weighted by Crippen LogP contribution is -2.34. The quantitative estimate of drug-likeness (QED) is 0.621. The van der Waals surface area contributed by atoms with Crippen molar-refractivity contribution >= 4 is 52.5 Å². The minimum atomic E-state index is -0.654. The van der Waals surface area contributed by atoms with Crippen LogP contribution in [0.25, 0.3) is 0 Å². The number of ether oxygens (including phenoxy) is 1. The molecule has 27 heavy (non-hydrogen) atoms. The van der Waals surface area contributed by atoms with Crippen molar-refractivity contribution < 1.29 is 14.3 Å². The van der Waals surface area contributed by atoms with Crippen LogP contribution >= 0.6 is 24.0 Å². The molecule has 1 aliphatic rings. The minimum Gasteiger partial charge on any atom is -0.453 e. The van der Waals surface area contributed by atoms with Crippen molar-refractivity contribution in [1.29, 1.82) is 0 Å². The number of benzene rings is 1. The molecule has 1 fully saturated rings. The van der Waals surface area contributed by atoms with Crippen molar-refractivity contribution in [3.8, 4) is 0 Å². The molecule has 0 unspecified atom stereocenters. The first-order valence-corrected chi connectivity index (χ1v) is 10.1. The van der Waals surface area contributed by atoms with Gasteiger partial charge in [0.1, 0.15) is 0 Å². The highest BCUT2D eigenvalue weighted by Crippen LogP contribution is 2.37. The monoisotopic (exact) mass is 410 g/mol. The number of anilines is 2. The molecular formula is C18H26N4O3S2. The number of nitrogens with one attached hydrogen (secondary N) is 3. The van der Waals surface area contributed by atoms with Gasteiger partial charge in [-0.05, 0) is 57.4 Å². The number of methoxy groups -OCH3 is 1. The zero-order chi connectivity index (χ0) is 19.8. The Hall–Kier alpha value is -1.84. The molecule has 0 saturated heterocycles. The van der Waals surface area contributed by atoms with Gasteiger partial charge in [-0.3, -0.25) is 10.1 Å². The fraction of sp³-hybridized carbons (Fsp3) is 0.500. The van der Waals surface area contributed by atoms with Crippen LogP contribution in [0.2, 0.25) is 0 Å². The molecule has 2 rings (SSSR count). The summed E-state index contributed by atoms with van der Waals surface area (Å²) in [5.41, 5.74) is 1.23. The number of hydrogen-bond acceptors (Lipinski definition) is 6. The summed E-state index contributed by atoms with van der Waals surface area (Å²) in [5, 5.41) is 8.97. The van der Waals surface area contributed by atoms with E-state index in [0.717, 1.165) is 4.90 Å². The fourth-order valence-corrected chi connectivity index (χ4v) is 4.26. The Kier molecular flexibility index (Phi) is 8.33. The Morgan fingerprint density at radius 2 is 1.93 bits per heavy atom. The normalized spacial score (nSPS) is 14.1. The summed E-state index contributed by atoms with van der Waals surface area (Å²) in [7, 11) is 4.93. The van der Waals surface area contributed by atoms with Gasteiger partial charge < -0.3 is 20.3 Å². The largest absolute Gasteiger partial charge is 0.453 e. The van der Waals surface area contributed by atoms with Gasteiger partial charge in [-0.15, -0.1) is 11.8 Å². The van der Waals surface area contributed by atoms with Crippen LogP contribution in [0.5, 0.6) is 0 Å². The second-order valence-electron chi connectivity index (χ2n) is 6.59. The summed E-state index contributed by atoms with van der Waals surface area (Å²) >= 11 is 6.96. The first kappa shape index (κ1) is 21.5. The fourth-order valence-electron chi connectivity index (χ4n) is 2.78. The molecule has 0 aromatic heterocycles. The van der Waals surface area contributed by atoms with Crippen molar-refractivity contribution in [2.24, 2.45) is 0 Å². The van der Waals surface area contributed by atoms with E-state index in [9.17, 15) is 9.59 Å². The number of rotatable bonds is 6. The van der Waals surface area contributed by atoms with E-state index < -0.39 is 6.09 Å². The molecule has 7 nitrogen and oxygen atoms in total. The van der Waals surface area contributed by atoms with Gasteiger partial charge in [0, 0.05) is 10.1 Å². The van der Waals surface area contributed by atoms with Crippen LogP contribution in [0.4, 0.5) is 16.2 Å². The molecule has 0 aliphatic heterocycles. The molecule has 1 aliphatic carbocycles. The summed E-state index contributed by atoms with van der Waals surface area (Å²) in [5.74, 6) is -0.127. The van der Waals surface area contributed by atoms with Crippen LogP contribution in [-0.2, 0) is 9.53 Å². The second kappa shape index (κ2) is 10.5. The molecule has 0 spiro atoms. The van der Waals surface area contributed by atoms with Gasteiger partial charge in [-0.25, -0.2) is 4.79 Å². The topological polar surface area (TPSA) is 82.7 Å². The van der Waals surface area contributed by atoms with Gasteiger partial charge in [0.25, 0.3) is 0 Å². The Bertz CT molecular complexity index is 691. The molecule has 3 N–H and O–H groups in total. The maximum Gasteiger partial charge on any atom is 0.413 e. The summed E-state index contributed by atoms with van der Waals surface area (Å²) in [6.45, 7) is 0.268. The number of alkyl carbamates (subject to hydrolysis) is 1. The molecule has 0 radical (unpaired) electrons. The number of likely N-dealkylation sites (N-methyl/N-ethyl adjacent to an activating group) is 1. The van der Waals surface area contributed by atoms with Crippen LogP contribution in [0.15, 0.2) is 23.1 Å². The summed E-state index contributed by atoms with van der Waals surface area (Å²) in [6, 6.07) is 5.79. The van der Waals surface area contributed by atoms with E-state index in [1.807, 2.05) is 44.1 Å². The average molecular weight is 411 g/mol. The standard InChI is InChI=1S/C18H26N4O3S2/c1-22(2)11-16(23)19-15-10-13(27-12-6-4-5-7-12)8-9-14(15)20-17(26)21-18(24)25-3/h8-10,12H,4-7,11H2,1-3H3,(H,19,23)(H2,20,21,24,26). The van der Waals surface area contributed by atoms with E-state index in [-0.39, 0.29) is 17.6 Å². The molecule has 2 amide bonds. The van der Waals surface area contributed by atoms with Crippen molar-refractivity contribution in [2.45, 2.75) is 35.8 Å². The molecule has 0 bridgehead atoms. The SMILES string of the molecule is COC(=O)NC(=S)Nc1ccc(SC2CCCC2)cc1NC(=O)CN(C)C. The second-order valence-corrected chi connectivity index (χ2v) is 8.37. The highest BCUT2D eigenvalue weighted by atomic mass is 32.2. The van der Waals surface area contributed by atoms with Crippen molar-refractivity contribution in [2.75, 3.05) is 38.4 Å². The Morgan fingerprint density at radius 1 is 1.22 bits per heavy atom. The number of thioether (sulfide) groups is 1. The van der Waals surface area contributed by atoms with E-state index in [4.69, 9.17) is 12.2 Å². The summed E-state index contributed by atoms with van der Waals surface area (Å²) < 4.78 is 4.53. The Labute approximate surface area is 169 Å². The molecule has 1 aromatic rings. The Morgan fingerprint density at radius 3 is 2.56 bits per heavy atom. The lowest BCUT2D eigenvalue weighted by Gasteiger charge is -2.17. The van der Waals surface area contributed by atoms with Crippen LogP contribution < -0.4 is 16.0 Å². The first-order chi connectivity index (χ1) is 12.9. The van der Waals surface area contributed by atoms with Gasteiger partial charge in [0.2, 0.25) is 5.91 Å². The van der Waals surface area contributed by atoms with E-state index in [1.165, 1.54) is 32.8 Å². The maximum atomic E-state index is 12.2. The van der Waals surface area contributed by atoms with Crippen LogP contribution in [0.3, 0.4) is 0 Å². The van der Waals surface area contributed by atoms with E-state index in [1.54, 1.807) is 4.90 Å². The predicted octanol–water partition coefficient (Wildman–Crippen LogP) is 3.27. The van der Waals surface area contributed by atoms with E-state index >= 15 is 0 Å². The van der Waals surface area contributed by atoms with Crippen LogP contribution in [-0.4, -0.2) is 55.0 Å². The lowest BCUT2D eigenvalue weighted by molar-refractivity contribution is -0.116. The van der Waals surface area contributed by atoms with Crippen molar-refractivity contribution in [3.63, 3.8) is 0 Å². The number of nitrogens with zero attached hydrogens (tertiary/aromatic N) is 1. The smallest absolute Gasteiger partial charge is 0.413 e. The molecule has 148 valence electrons. The van der Waals surface area contributed by atoms with E-state index in [0.29, 0.717) is 16.6 Å². The molecule has 0 atom stereocenters. The van der Waals surface area contributed by atoms with Crippen molar-refractivity contribution in [1.82, 2.24) is 10.2 Å². The van der Waals surface area contributed by atoms with E-state index in [2.05, 4.69) is 20.7 Å². The third-order valence-electron chi connectivity index (χ3n) is 3.98. The lowest BCUT2D eigenvalue weighted by atomic mass is 10.2. The zero-order valence-corrected chi connectivity index (χ0v) is 17.5. The number of carbonyl (C=O) groups is 2. The molecule has 1 saturated carbocycles. The van der Waals surface area contributed by atoms with Crippen molar-refractivity contribution in [3.05, 3.63) is 18.2 Å². The van der Waals surface area contributed by atoms with Gasteiger partial charge in [-0.2, -0.15) is 0 Å². The first-order valence-electron chi connectivity index (χ1n) is 8.78. The van der Waals surface area contributed by atoms with Gasteiger partial charge >= 0.3 is 6.09 Å². The highest BCUT2D eigenvalue weighted by molar-refractivity contribution is 8.00. The predicted molar refractivity (Wildman–Crippen MR) is 114 cm³/mol. The third kappa shape index (κ3) is 7.36. The molecular weight excluding hydrogens is 384 g/mol. The highest BCUT2D eigenvalue weighted by Gasteiger charge is 2.18. The molecule has 1 aromatic carbocycles. The molecule has 9 heteroatoms. The number of hydrogen-bond donors (Lipinski definition) is 3. The average Bonchev–Trinajstić information content (AvgIpc) is 3.09. The zero-order valence-electron chi connectivity index (χ0n) is 15.8. The summed E-state index contributed by atoms with van der Waals surface area (Å²) in [4.78, 5) is 26.4. The maximum absolute atomic E-state index is 12.2. The number of amides is 2. The van der Waals surface area contributed by atoms with Crippen LogP contribution in [0.1, 0.15) is 25.7 Å². The number of carbonyl (C=O) groups excluding carboxylic acids is 2. The minimum absolute atomic E-state index is 0.0983.